The molecule has 0 radical (unpaired) electrons. The number of carboxylic acid groups (broad SMARTS) is 1. The van der Waals surface area contributed by atoms with Gasteiger partial charge in [-0.25, -0.2) is 4.79 Å². The largest absolute Gasteiger partial charge is 0.479 e. The lowest BCUT2D eigenvalue weighted by atomic mass is 9.33. The maximum absolute atomic E-state index is 11.7. The molecular formula is C36H58O9. The normalized spacial score (nSPS) is 55.8. The summed E-state index contributed by atoms with van der Waals surface area (Å²) in [5.41, 5.74) is 0.871. The minimum atomic E-state index is -1.78. The number of ether oxygens (including phenoxy) is 2. The molecule has 0 amide bonds. The van der Waals surface area contributed by atoms with Crippen molar-refractivity contribution in [2.24, 2.45) is 50.2 Å². The van der Waals surface area contributed by atoms with Gasteiger partial charge in [0.05, 0.1) is 18.8 Å². The average Bonchev–Trinajstić information content (AvgIpc) is 2.96. The van der Waals surface area contributed by atoms with Crippen molar-refractivity contribution in [1.29, 1.82) is 0 Å². The number of carbonyl (C=O) groups is 1. The van der Waals surface area contributed by atoms with Crippen LogP contribution in [0.2, 0.25) is 0 Å². The number of hydrogen-bond donors (Lipinski definition) is 6. The molecule has 9 heteroatoms. The first-order valence-corrected chi connectivity index (χ1v) is 17.4. The fourth-order valence-electron chi connectivity index (χ4n) is 12.2. The Morgan fingerprint density at radius 2 is 1.56 bits per heavy atom. The van der Waals surface area contributed by atoms with Gasteiger partial charge in [-0.1, -0.05) is 60.1 Å². The highest BCUT2D eigenvalue weighted by molar-refractivity contribution is 5.73. The van der Waals surface area contributed by atoms with Crippen LogP contribution >= 0.6 is 0 Å². The van der Waals surface area contributed by atoms with Gasteiger partial charge in [-0.3, -0.25) is 0 Å². The van der Waals surface area contributed by atoms with E-state index in [-0.39, 0.29) is 45.7 Å². The number of aliphatic carboxylic acids is 1. The summed E-state index contributed by atoms with van der Waals surface area (Å²) in [6.45, 7) is 16.3. The Kier molecular flexibility index (Phi) is 8.05. The third-order valence-corrected chi connectivity index (χ3v) is 15.3. The number of carboxylic acids is 1. The molecule has 1 saturated heterocycles. The van der Waals surface area contributed by atoms with Crippen molar-refractivity contribution < 1.29 is 44.9 Å². The van der Waals surface area contributed by atoms with E-state index in [1.54, 1.807) is 5.57 Å². The van der Waals surface area contributed by atoms with Crippen LogP contribution in [0.1, 0.15) is 106 Å². The van der Waals surface area contributed by atoms with E-state index in [1.165, 1.54) is 0 Å². The maximum Gasteiger partial charge on any atom is 0.335 e. The van der Waals surface area contributed by atoms with Gasteiger partial charge in [-0.05, 0) is 97.2 Å². The first kappa shape index (κ1) is 33.8. The molecule has 0 aromatic carbocycles. The average molecular weight is 635 g/mol. The third kappa shape index (κ3) is 4.61. The molecule has 0 aromatic heterocycles. The maximum atomic E-state index is 11.7. The quantitative estimate of drug-likeness (QED) is 0.199. The van der Waals surface area contributed by atoms with E-state index in [1.807, 2.05) is 6.92 Å². The summed E-state index contributed by atoms with van der Waals surface area (Å²) < 4.78 is 11.8. The molecule has 6 aliphatic rings. The van der Waals surface area contributed by atoms with Crippen LogP contribution in [0.5, 0.6) is 0 Å². The Morgan fingerprint density at radius 1 is 0.867 bits per heavy atom. The standard InChI is InChI=1S/C36H58O9/c1-31(2)16-20-19-8-9-22-33(4)12-11-24(44-30-27(41)25(39)26(40)28(45-30)29(42)43)34(5,18-37)21(33)10-13-36(22,7)35(19,6)15-14-32(20,3)23(38)17-31/h8,20-28,30,37-41H,9-18H2,1-7H3,(H,42,43)/t20?,21?,22?,23?,24?,25?,26?,27?,28?,30?,32?,33?,34-,35-,36?/m1/s1. The van der Waals surface area contributed by atoms with E-state index >= 15 is 0 Å². The molecule has 0 spiro atoms. The van der Waals surface area contributed by atoms with E-state index in [9.17, 15) is 35.4 Å². The predicted octanol–water partition coefficient (Wildman–Crippen LogP) is 4.03. The van der Waals surface area contributed by atoms with Gasteiger partial charge in [0, 0.05) is 10.8 Å². The summed E-state index contributed by atoms with van der Waals surface area (Å²) in [5, 5.41) is 63.3. The molecule has 0 aromatic rings. The molecule has 256 valence electrons. The molecule has 9 nitrogen and oxygen atoms in total. The Bertz CT molecular complexity index is 1220. The van der Waals surface area contributed by atoms with Crippen molar-refractivity contribution in [3.05, 3.63) is 11.6 Å². The van der Waals surface area contributed by atoms with E-state index in [0.717, 1.165) is 51.4 Å². The fourth-order valence-corrected chi connectivity index (χ4v) is 12.2. The second-order valence-electron chi connectivity index (χ2n) is 18.0. The molecule has 6 rings (SSSR count). The van der Waals surface area contributed by atoms with Crippen molar-refractivity contribution >= 4 is 5.97 Å². The van der Waals surface area contributed by atoms with Crippen molar-refractivity contribution in [2.75, 3.05) is 6.61 Å². The number of hydrogen-bond acceptors (Lipinski definition) is 8. The predicted molar refractivity (Wildman–Crippen MR) is 167 cm³/mol. The summed E-state index contributed by atoms with van der Waals surface area (Å²) in [4.78, 5) is 11.7. The zero-order valence-electron chi connectivity index (χ0n) is 28.3. The Morgan fingerprint density at radius 3 is 2.20 bits per heavy atom. The molecule has 1 heterocycles. The van der Waals surface area contributed by atoms with Gasteiger partial charge in [-0.15, -0.1) is 0 Å². The Labute approximate surface area is 268 Å². The number of allylic oxidation sites excluding steroid dienone is 2. The molecule has 15 atom stereocenters. The summed E-state index contributed by atoms with van der Waals surface area (Å²) in [5.74, 6) is -0.570. The van der Waals surface area contributed by atoms with Gasteiger partial charge in [0.25, 0.3) is 0 Å². The highest BCUT2D eigenvalue weighted by Gasteiger charge is 2.69. The van der Waals surface area contributed by atoms with E-state index in [4.69, 9.17) is 9.47 Å². The lowest BCUT2D eigenvalue weighted by Gasteiger charge is -2.72. The minimum absolute atomic E-state index is 0.0209. The van der Waals surface area contributed by atoms with Gasteiger partial charge >= 0.3 is 5.97 Å². The van der Waals surface area contributed by atoms with Crippen molar-refractivity contribution in [3.8, 4) is 0 Å². The smallest absolute Gasteiger partial charge is 0.335 e. The molecule has 4 saturated carbocycles. The van der Waals surface area contributed by atoms with Gasteiger partial charge in [0.1, 0.15) is 18.3 Å². The number of rotatable bonds is 4. The number of fused-ring (bicyclic) bond motifs is 7. The molecule has 6 N–H and O–H groups in total. The van der Waals surface area contributed by atoms with Crippen LogP contribution in [-0.2, 0) is 14.3 Å². The Balaban J connectivity index is 1.30. The number of aliphatic hydroxyl groups excluding tert-OH is 5. The minimum Gasteiger partial charge on any atom is -0.479 e. The van der Waals surface area contributed by atoms with Gasteiger partial charge in [0.2, 0.25) is 0 Å². The van der Waals surface area contributed by atoms with Gasteiger partial charge in [-0.2, -0.15) is 0 Å². The van der Waals surface area contributed by atoms with Crippen LogP contribution in [0.15, 0.2) is 11.6 Å². The molecular weight excluding hydrogens is 576 g/mol. The molecule has 5 aliphatic carbocycles. The highest BCUT2D eigenvalue weighted by Crippen LogP contribution is 2.75. The van der Waals surface area contributed by atoms with E-state index in [2.05, 4.69) is 47.6 Å². The van der Waals surface area contributed by atoms with Gasteiger partial charge < -0.3 is 40.1 Å². The second-order valence-corrected chi connectivity index (χ2v) is 18.0. The topological polar surface area (TPSA) is 157 Å². The molecule has 13 unspecified atom stereocenters. The molecule has 5 fully saturated rings. The van der Waals surface area contributed by atoms with Crippen LogP contribution in [0, 0.1) is 50.2 Å². The van der Waals surface area contributed by atoms with Crippen molar-refractivity contribution in [1.82, 2.24) is 0 Å². The summed E-state index contributed by atoms with van der Waals surface area (Å²) in [6, 6.07) is 0. The first-order valence-electron chi connectivity index (χ1n) is 17.4. The zero-order chi connectivity index (χ0) is 33.1. The van der Waals surface area contributed by atoms with Crippen LogP contribution < -0.4 is 0 Å². The van der Waals surface area contributed by atoms with E-state index in [0.29, 0.717) is 18.3 Å². The number of aliphatic hydroxyl groups is 5. The monoisotopic (exact) mass is 634 g/mol. The van der Waals surface area contributed by atoms with Gasteiger partial charge in [0.15, 0.2) is 12.4 Å². The zero-order valence-corrected chi connectivity index (χ0v) is 28.3. The molecule has 0 bridgehead atoms. The van der Waals surface area contributed by atoms with Crippen LogP contribution in [0.4, 0.5) is 0 Å². The van der Waals surface area contributed by atoms with Crippen molar-refractivity contribution in [3.63, 3.8) is 0 Å². The lowest BCUT2D eigenvalue weighted by molar-refractivity contribution is -0.327. The fraction of sp³-hybridized carbons (Fsp3) is 0.917. The molecule has 1 aliphatic heterocycles. The highest BCUT2D eigenvalue weighted by atomic mass is 16.7. The second kappa shape index (κ2) is 10.7. The first-order chi connectivity index (χ1) is 20.8. The summed E-state index contributed by atoms with van der Waals surface area (Å²) in [7, 11) is 0. The Hall–Kier alpha value is -1.07. The molecule has 45 heavy (non-hydrogen) atoms. The van der Waals surface area contributed by atoms with Crippen LogP contribution in [0.3, 0.4) is 0 Å². The van der Waals surface area contributed by atoms with Crippen LogP contribution in [-0.4, -0.2) is 86.1 Å². The SMILES string of the molecule is CC1(C)CC(O)C2(C)CC[C@]3(C)C(=CCC4C5(C)CCC(OC6OC(C(=O)O)C(O)C(O)C6O)[C@](C)(CO)C5CCC43C)C2C1. The van der Waals surface area contributed by atoms with E-state index < -0.39 is 48.2 Å². The summed E-state index contributed by atoms with van der Waals surface area (Å²) >= 11 is 0. The van der Waals surface area contributed by atoms with Crippen LogP contribution in [0.25, 0.3) is 0 Å². The lowest BCUT2D eigenvalue weighted by Crippen LogP contribution is -2.67. The summed E-state index contributed by atoms with van der Waals surface area (Å²) in [6.07, 6.45) is 1.81. The third-order valence-electron chi connectivity index (χ3n) is 15.3. The van der Waals surface area contributed by atoms with Crippen molar-refractivity contribution in [2.45, 2.75) is 149 Å².